The number of hydrogen-bond acceptors (Lipinski definition) is 5. The molecule has 1 unspecified atom stereocenters. The standard InChI is InChI=1S/C23H29N3O4S/c1-4-16(2)30-20-11-9-17(10-12-20)22(28)26-23(31)25-19-8-5-7-18(15-19)21(27)24-13-6-14-29-3/h5,7-12,15-16H,4,6,13-14H2,1-3H3,(H,24,27)(H2,25,26,28,31). The number of thiocarbonyl (C=S) groups is 1. The van der Waals surface area contributed by atoms with Gasteiger partial charge in [-0.05, 0) is 74.4 Å². The van der Waals surface area contributed by atoms with Crippen molar-refractivity contribution in [2.75, 3.05) is 25.6 Å². The van der Waals surface area contributed by atoms with Crippen LogP contribution in [0, 0.1) is 0 Å². The molecule has 7 nitrogen and oxygen atoms in total. The molecule has 2 aromatic rings. The van der Waals surface area contributed by atoms with Crippen LogP contribution in [0.2, 0.25) is 0 Å². The van der Waals surface area contributed by atoms with E-state index in [2.05, 4.69) is 16.0 Å². The van der Waals surface area contributed by atoms with E-state index in [1.165, 1.54) is 0 Å². The molecular formula is C23H29N3O4S. The van der Waals surface area contributed by atoms with Gasteiger partial charge in [-0.2, -0.15) is 0 Å². The van der Waals surface area contributed by atoms with Gasteiger partial charge in [0.2, 0.25) is 0 Å². The summed E-state index contributed by atoms with van der Waals surface area (Å²) in [7, 11) is 1.62. The van der Waals surface area contributed by atoms with Crippen LogP contribution in [0.1, 0.15) is 47.4 Å². The maximum Gasteiger partial charge on any atom is 0.257 e. The smallest absolute Gasteiger partial charge is 0.257 e. The maximum atomic E-state index is 12.4. The molecule has 8 heteroatoms. The van der Waals surface area contributed by atoms with Gasteiger partial charge >= 0.3 is 0 Å². The van der Waals surface area contributed by atoms with Crippen molar-refractivity contribution in [1.82, 2.24) is 10.6 Å². The second-order valence-electron chi connectivity index (χ2n) is 6.95. The van der Waals surface area contributed by atoms with Crippen LogP contribution in [0.3, 0.4) is 0 Å². The molecule has 2 rings (SSSR count). The van der Waals surface area contributed by atoms with Crippen LogP contribution < -0.4 is 20.7 Å². The van der Waals surface area contributed by atoms with E-state index < -0.39 is 0 Å². The molecule has 0 fully saturated rings. The fourth-order valence-corrected chi connectivity index (χ4v) is 2.81. The van der Waals surface area contributed by atoms with E-state index in [1.807, 2.05) is 13.8 Å². The van der Waals surface area contributed by atoms with Crippen molar-refractivity contribution in [2.45, 2.75) is 32.8 Å². The zero-order chi connectivity index (χ0) is 22.6. The normalized spacial score (nSPS) is 11.3. The minimum absolute atomic E-state index is 0.111. The fourth-order valence-electron chi connectivity index (χ4n) is 2.60. The molecule has 166 valence electrons. The van der Waals surface area contributed by atoms with Gasteiger partial charge in [-0.15, -0.1) is 0 Å². The molecule has 0 aliphatic rings. The first-order valence-electron chi connectivity index (χ1n) is 10.2. The molecule has 31 heavy (non-hydrogen) atoms. The number of carbonyl (C=O) groups excluding carboxylic acids is 2. The highest BCUT2D eigenvalue weighted by Crippen LogP contribution is 2.15. The Morgan fingerprint density at radius 1 is 1.06 bits per heavy atom. The molecule has 0 heterocycles. The Balaban J connectivity index is 1.89. The van der Waals surface area contributed by atoms with E-state index in [4.69, 9.17) is 21.7 Å². The molecule has 0 spiro atoms. The zero-order valence-electron chi connectivity index (χ0n) is 18.1. The molecule has 0 aliphatic heterocycles. The predicted molar refractivity (Wildman–Crippen MR) is 126 cm³/mol. The van der Waals surface area contributed by atoms with E-state index in [9.17, 15) is 9.59 Å². The highest BCUT2D eigenvalue weighted by atomic mass is 32.1. The highest BCUT2D eigenvalue weighted by Gasteiger charge is 2.10. The van der Waals surface area contributed by atoms with Crippen molar-refractivity contribution < 1.29 is 19.1 Å². The van der Waals surface area contributed by atoms with Crippen LogP contribution in [0.4, 0.5) is 5.69 Å². The molecule has 0 aromatic heterocycles. The quantitative estimate of drug-likeness (QED) is 0.383. The Hall–Kier alpha value is -2.97. The van der Waals surface area contributed by atoms with E-state index in [0.717, 1.165) is 12.8 Å². The van der Waals surface area contributed by atoms with Gasteiger partial charge in [-0.25, -0.2) is 0 Å². The number of rotatable bonds is 10. The highest BCUT2D eigenvalue weighted by molar-refractivity contribution is 7.80. The van der Waals surface area contributed by atoms with Gasteiger partial charge in [0.05, 0.1) is 6.10 Å². The van der Waals surface area contributed by atoms with Crippen molar-refractivity contribution in [1.29, 1.82) is 0 Å². The van der Waals surface area contributed by atoms with E-state index in [1.54, 1.807) is 55.6 Å². The average molecular weight is 444 g/mol. The van der Waals surface area contributed by atoms with Crippen LogP contribution in [0.15, 0.2) is 48.5 Å². The third-order valence-electron chi connectivity index (χ3n) is 4.45. The third kappa shape index (κ3) is 8.35. The fraction of sp³-hybridized carbons (Fsp3) is 0.348. The first-order chi connectivity index (χ1) is 14.9. The van der Waals surface area contributed by atoms with Crippen molar-refractivity contribution in [3.05, 3.63) is 59.7 Å². The SMILES string of the molecule is CCC(C)Oc1ccc(C(=O)NC(=S)Nc2cccc(C(=O)NCCCOC)c2)cc1. The first kappa shape index (κ1) is 24.3. The van der Waals surface area contributed by atoms with Crippen LogP contribution in [-0.4, -0.2) is 43.3 Å². The molecule has 0 bridgehead atoms. The number of ether oxygens (including phenoxy) is 2. The summed E-state index contributed by atoms with van der Waals surface area (Å²) in [4.78, 5) is 24.7. The number of hydrogen-bond donors (Lipinski definition) is 3. The number of amides is 2. The lowest BCUT2D eigenvalue weighted by Crippen LogP contribution is -2.34. The van der Waals surface area contributed by atoms with Crippen molar-refractivity contribution in [2.24, 2.45) is 0 Å². The molecule has 0 saturated carbocycles. The van der Waals surface area contributed by atoms with E-state index in [0.29, 0.717) is 35.7 Å². The van der Waals surface area contributed by atoms with Gasteiger partial charge in [0.15, 0.2) is 5.11 Å². The second kappa shape index (κ2) is 12.7. The topological polar surface area (TPSA) is 88.7 Å². The summed E-state index contributed by atoms with van der Waals surface area (Å²) in [6.07, 6.45) is 1.75. The molecule has 0 radical (unpaired) electrons. The van der Waals surface area contributed by atoms with Crippen molar-refractivity contribution in [3.8, 4) is 5.75 Å². The minimum atomic E-state index is -0.334. The second-order valence-corrected chi connectivity index (χ2v) is 7.36. The Kier molecular flexibility index (Phi) is 9.93. The monoisotopic (exact) mass is 443 g/mol. The summed E-state index contributed by atoms with van der Waals surface area (Å²) in [6.45, 7) is 5.15. The Morgan fingerprint density at radius 2 is 1.81 bits per heavy atom. The summed E-state index contributed by atoms with van der Waals surface area (Å²) in [5.74, 6) is 0.193. The number of carbonyl (C=O) groups is 2. The average Bonchev–Trinajstić information content (AvgIpc) is 2.77. The Bertz CT molecular complexity index is 887. The van der Waals surface area contributed by atoms with Crippen LogP contribution in [0.5, 0.6) is 5.75 Å². The van der Waals surface area contributed by atoms with Gasteiger partial charge in [-0.3, -0.25) is 14.9 Å². The Labute approximate surface area is 188 Å². The van der Waals surface area contributed by atoms with Gasteiger partial charge in [0.1, 0.15) is 5.75 Å². The van der Waals surface area contributed by atoms with Crippen LogP contribution >= 0.6 is 12.2 Å². The largest absolute Gasteiger partial charge is 0.491 e. The summed E-state index contributed by atoms with van der Waals surface area (Å²) in [5.41, 5.74) is 1.56. The number of nitrogens with one attached hydrogen (secondary N) is 3. The Morgan fingerprint density at radius 3 is 2.48 bits per heavy atom. The number of methoxy groups -OCH3 is 1. The summed E-state index contributed by atoms with van der Waals surface area (Å²) < 4.78 is 10.7. The molecule has 2 aromatic carbocycles. The first-order valence-corrected chi connectivity index (χ1v) is 10.6. The number of benzene rings is 2. The predicted octanol–water partition coefficient (Wildman–Crippen LogP) is 3.76. The van der Waals surface area contributed by atoms with Gasteiger partial charge in [0.25, 0.3) is 11.8 Å². The summed E-state index contributed by atoms with van der Waals surface area (Å²) in [6, 6.07) is 13.8. The molecule has 0 aliphatic carbocycles. The maximum absolute atomic E-state index is 12.4. The zero-order valence-corrected chi connectivity index (χ0v) is 18.9. The van der Waals surface area contributed by atoms with Gasteiger partial charge < -0.3 is 20.1 Å². The van der Waals surface area contributed by atoms with Crippen molar-refractivity contribution >= 4 is 34.8 Å². The molecule has 3 N–H and O–H groups in total. The van der Waals surface area contributed by atoms with Crippen LogP contribution in [0.25, 0.3) is 0 Å². The number of anilines is 1. The molecule has 0 saturated heterocycles. The van der Waals surface area contributed by atoms with Crippen molar-refractivity contribution in [3.63, 3.8) is 0 Å². The third-order valence-corrected chi connectivity index (χ3v) is 4.65. The minimum Gasteiger partial charge on any atom is -0.491 e. The lowest BCUT2D eigenvalue weighted by atomic mass is 10.2. The van der Waals surface area contributed by atoms with E-state index >= 15 is 0 Å². The molecule has 2 amide bonds. The summed E-state index contributed by atoms with van der Waals surface area (Å²) in [5, 5.41) is 8.54. The van der Waals surface area contributed by atoms with Gasteiger partial charge in [0, 0.05) is 37.1 Å². The summed E-state index contributed by atoms with van der Waals surface area (Å²) >= 11 is 5.24. The lowest BCUT2D eigenvalue weighted by Gasteiger charge is -2.13. The molecule has 1 atom stereocenters. The lowest BCUT2D eigenvalue weighted by molar-refractivity contribution is 0.0946. The van der Waals surface area contributed by atoms with Crippen LogP contribution in [-0.2, 0) is 4.74 Å². The molecular weight excluding hydrogens is 414 g/mol. The van der Waals surface area contributed by atoms with E-state index in [-0.39, 0.29) is 23.0 Å². The van der Waals surface area contributed by atoms with Gasteiger partial charge in [-0.1, -0.05) is 13.0 Å².